The molecule has 3 N–H and O–H groups in total. The Labute approximate surface area is 84.3 Å². The Kier molecular flexibility index (Phi) is 4.35. The molecule has 0 radical (unpaired) electrons. The van der Waals surface area contributed by atoms with Gasteiger partial charge in [0.15, 0.2) is 0 Å². The number of nitrogens with one attached hydrogen (secondary N) is 1. The number of rotatable bonds is 7. The molecule has 4 heteroatoms. The van der Waals surface area contributed by atoms with Gasteiger partial charge in [-0.25, -0.2) is 0 Å². The molecule has 0 aromatic rings. The zero-order valence-corrected chi connectivity index (χ0v) is 8.57. The zero-order valence-electron chi connectivity index (χ0n) is 8.57. The first-order valence-electron chi connectivity index (χ1n) is 5.26. The summed E-state index contributed by atoms with van der Waals surface area (Å²) < 4.78 is 0. The van der Waals surface area contributed by atoms with Crippen LogP contribution in [0, 0.1) is 5.92 Å². The maximum Gasteiger partial charge on any atom is 0.306 e. The SMILES string of the molecule is CCCC1CC1NCC(O)CC(=O)O. The van der Waals surface area contributed by atoms with Gasteiger partial charge in [-0.15, -0.1) is 0 Å². The molecule has 3 atom stereocenters. The van der Waals surface area contributed by atoms with Gasteiger partial charge in [-0.2, -0.15) is 0 Å². The lowest BCUT2D eigenvalue weighted by molar-refractivity contribution is -0.139. The van der Waals surface area contributed by atoms with Gasteiger partial charge in [0, 0.05) is 12.6 Å². The van der Waals surface area contributed by atoms with Crippen molar-refractivity contribution in [1.82, 2.24) is 5.32 Å². The molecular formula is C10H19NO3. The van der Waals surface area contributed by atoms with E-state index in [1.165, 1.54) is 19.3 Å². The molecular weight excluding hydrogens is 182 g/mol. The number of carboxylic acids is 1. The van der Waals surface area contributed by atoms with Gasteiger partial charge in [0.05, 0.1) is 12.5 Å². The highest BCUT2D eigenvalue weighted by molar-refractivity contribution is 5.67. The van der Waals surface area contributed by atoms with Crippen LogP contribution < -0.4 is 5.32 Å². The minimum atomic E-state index is -0.944. The van der Waals surface area contributed by atoms with Gasteiger partial charge < -0.3 is 15.5 Å². The van der Waals surface area contributed by atoms with Crippen LogP contribution in [0.5, 0.6) is 0 Å². The lowest BCUT2D eigenvalue weighted by Gasteiger charge is -2.08. The minimum Gasteiger partial charge on any atom is -0.481 e. The molecule has 1 rings (SSSR count). The first kappa shape index (κ1) is 11.5. The summed E-state index contributed by atoms with van der Waals surface area (Å²) in [6, 6.07) is 0.512. The van der Waals surface area contributed by atoms with Gasteiger partial charge in [-0.1, -0.05) is 13.3 Å². The maximum absolute atomic E-state index is 10.2. The quantitative estimate of drug-likeness (QED) is 0.564. The average Bonchev–Trinajstić information content (AvgIpc) is 2.80. The number of hydrogen-bond acceptors (Lipinski definition) is 3. The van der Waals surface area contributed by atoms with Gasteiger partial charge in [-0.3, -0.25) is 4.79 Å². The van der Waals surface area contributed by atoms with Crippen LogP contribution in [0.2, 0.25) is 0 Å². The third-order valence-corrected chi connectivity index (χ3v) is 2.61. The summed E-state index contributed by atoms with van der Waals surface area (Å²) in [5, 5.41) is 20.9. The van der Waals surface area contributed by atoms with Crippen molar-refractivity contribution in [2.75, 3.05) is 6.54 Å². The Balaban J connectivity index is 2.02. The van der Waals surface area contributed by atoms with E-state index in [9.17, 15) is 9.90 Å². The highest BCUT2D eigenvalue weighted by Gasteiger charge is 2.35. The molecule has 0 heterocycles. The van der Waals surface area contributed by atoms with Crippen molar-refractivity contribution in [1.29, 1.82) is 0 Å². The summed E-state index contributed by atoms with van der Waals surface area (Å²) in [5.74, 6) is -0.197. The third-order valence-electron chi connectivity index (χ3n) is 2.61. The van der Waals surface area contributed by atoms with Gasteiger partial charge in [0.2, 0.25) is 0 Å². The number of carbonyl (C=O) groups is 1. The van der Waals surface area contributed by atoms with Crippen LogP contribution in [0.25, 0.3) is 0 Å². The second-order valence-corrected chi connectivity index (χ2v) is 4.05. The maximum atomic E-state index is 10.2. The number of aliphatic carboxylic acids is 1. The van der Waals surface area contributed by atoms with Gasteiger partial charge in [0.1, 0.15) is 0 Å². The van der Waals surface area contributed by atoms with Crippen molar-refractivity contribution in [3.63, 3.8) is 0 Å². The third kappa shape index (κ3) is 4.07. The summed E-state index contributed by atoms with van der Waals surface area (Å²) in [6.07, 6.45) is 2.68. The minimum absolute atomic E-state index is 0.168. The molecule has 1 saturated carbocycles. The van der Waals surface area contributed by atoms with E-state index in [-0.39, 0.29) is 6.42 Å². The normalized spacial score (nSPS) is 27.3. The van der Waals surface area contributed by atoms with E-state index in [1.54, 1.807) is 0 Å². The van der Waals surface area contributed by atoms with E-state index >= 15 is 0 Å². The van der Waals surface area contributed by atoms with Crippen LogP contribution in [-0.4, -0.2) is 34.9 Å². The Bertz CT molecular complexity index is 196. The predicted octanol–water partition coefficient (Wildman–Crippen LogP) is 0.600. The van der Waals surface area contributed by atoms with Crippen LogP contribution in [0.3, 0.4) is 0 Å². The van der Waals surface area contributed by atoms with Crippen LogP contribution in [0.4, 0.5) is 0 Å². The molecule has 4 nitrogen and oxygen atoms in total. The number of hydrogen-bond donors (Lipinski definition) is 3. The Morgan fingerprint density at radius 1 is 1.64 bits per heavy atom. The standard InChI is InChI=1S/C10H19NO3/c1-2-3-7-4-9(7)11-6-8(12)5-10(13)14/h7-9,11-12H,2-6H2,1H3,(H,13,14). The van der Waals surface area contributed by atoms with Crippen molar-refractivity contribution < 1.29 is 15.0 Å². The lowest BCUT2D eigenvalue weighted by Crippen LogP contribution is -2.30. The Morgan fingerprint density at radius 2 is 2.36 bits per heavy atom. The van der Waals surface area contributed by atoms with E-state index in [2.05, 4.69) is 12.2 Å². The molecule has 0 saturated heterocycles. The number of aliphatic hydroxyl groups excluding tert-OH is 1. The van der Waals surface area contributed by atoms with E-state index in [1.807, 2.05) is 0 Å². The van der Waals surface area contributed by atoms with Crippen LogP contribution in [-0.2, 0) is 4.79 Å². The molecule has 0 aromatic carbocycles. The molecule has 0 aromatic heterocycles. The van der Waals surface area contributed by atoms with E-state index in [4.69, 9.17) is 5.11 Å². The van der Waals surface area contributed by atoms with Crippen molar-refractivity contribution in [3.8, 4) is 0 Å². The fourth-order valence-corrected chi connectivity index (χ4v) is 1.75. The molecule has 14 heavy (non-hydrogen) atoms. The predicted molar refractivity (Wildman–Crippen MR) is 53.1 cm³/mol. The molecule has 0 spiro atoms. The molecule has 82 valence electrons. The molecule has 0 aliphatic heterocycles. The molecule has 1 aliphatic rings. The molecule has 3 unspecified atom stereocenters. The van der Waals surface area contributed by atoms with Gasteiger partial charge in [-0.05, 0) is 18.8 Å². The van der Waals surface area contributed by atoms with Crippen molar-refractivity contribution >= 4 is 5.97 Å². The largest absolute Gasteiger partial charge is 0.481 e. The second kappa shape index (κ2) is 5.32. The monoisotopic (exact) mass is 201 g/mol. The Hall–Kier alpha value is -0.610. The van der Waals surface area contributed by atoms with Crippen molar-refractivity contribution in [3.05, 3.63) is 0 Å². The van der Waals surface area contributed by atoms with E-state index in [0.29, 0.717) is 12.6 Å². The summed E-state index contributed by atoms with van der Waals surface area (Å²) in [7, 11) is 0. The molecule has 0 bridgehead atoms. The van der Waals surface area contributed by atoms with Gasteiger partial charge in [0.25, 0.3) is 0 Å². The molecule has 1 fully saturated rings. The topological polar surface area (TPSA) is 69.6 Å². The summed E-state index contributed by atoms with van der Waals surface area (Å²) >= 11 is 0. The van der Waals surface area contributed by atoms with Crippen molar-refractivity contribution in [2.45, 2.75) is 44.8 Å². The highest BCUT2D eigenvalue weighted by atomic mass is 16.4. The second-order valence-electron chi connectivity index (χ2n) is 4.05. The number of aliphatic hydroxyl groups is 1. The lowest BCUT2D eigenvalue weighted by atomic mass is 10.2. The summed E-state index contributed by atoms with van der Waals surface area (Å²) in [6.45, 7) is 2.56. The smallest absolute Gasteiger partial charge is 0.306 e. The highest BCUT2D eigenvalue weighted by Crippen LogP contribution is 2.34. The average molecular weight is 201 g/mol. The number of carboxylic acid groups (broad SMARTS) is 1. The molecule has 1 aliphatic carbocycles. The molecule has 0 amide bonds. The van der Waals surface area contributed by atoms with E-state index < -0.39 is 12.1 Å². The zero-order chi connectivity index (χ0) is 10.6. The first-order chi connectivity index (χ1) is 6.63. The summed E-state index contributed by atoms with van der Waals surface area (Å²) in [5.41, 5.74) is 0. The van der Waals surface area contributed by atoms with Crippen LogP contribution in [0.15, 0.2) is 0 Å². The Morgan fingerprint density at radius 3 is 2.93 bits per heavy atom. The van der Waals surface area contributed by atoms with Gasteiger partial charge >= 0.3 is 5.97 Å². The first-order valence-corrected chi connectivity index (χ1v) is 5.26. The summed E-state index contributed by atoms with van der Waals surface area (Å²) in [4.78, 5) is 10.2. The van der Waals surface area contributed by atoms with E-state index in [0.717, 1.165) is 5.92 Å². The van der Waals surface area contributed by atoms with Crippen molar-refractivity contribution in [2.24, 2.45) is 5.92 Å². The fraction of sp³-hybridized carbons (Fsp3) is 0.900. The van der Waals surface area contributed by atoms with Crippen LogP contribution >= 0.6 is 0 Å². The fourth-order valence-electron chi connectivity index (χ4n) is 1.75. The van der Waals surface area contributed by atoms with Crippen LogP contribution in [0.1, 0.15) is 32.6 Å².